The minimum absolute atomic E-state index is 0.126. The Morgan fingerprint density at radius 2 is 1.21 bits per heavy atom. The Labute approximate surface area is 165 Å². The highest BCUT2D eigenvalue weighted by Gasteiger charge is 2.52. The minimum atomic E-state index is -1.94. The molecule has 0 aromatic heterocycles. The van der Waals surface area contributed by atoms with Crippen molar-refractivity contribution in [3.05, 3.63) is 71.8 Å². The van der Waals surface area contributed by atoms with Gasteiger partial charge in [-0.15, -0.1) is 0 Å². The molecule has 3 rings (SSSR count). The molecule has 0 aliphatic carbocycles. The summed E-state index contributed by atoms with van der Waals surface area (Å²) < 4.78 is 15.3. The van der Waals surface area contributed by atoms with Crippen molar-refractivity contribution < 1.29 is 43.9 Å². The van der Waals surface area contributed by atoms with Crippen LogP contribution in [0.4, 0.5) is 0 Å². The second kappa shape index (κ2) is 8.82. The quantitative estimate of drug-likeness (QED) is 0.613. The number of benzene rings is 2. The Bertz CT molecular complexity index is 868. The largest absolute Gasteiger partial charge is 0.479 e. The van der Waals surface area contributed by atoms with Crippen LogP contribution in [0.3, 0.4) is 0 Å². The van der Waals surface area contributed by atoms with Crippen molar-refractivity contribution in [2.24, 2.45) is 0 Å². The van der Waals surface area contributed by atoms with Gasteiger partial charge in [-0.2, -0.15) is 0 Å². The Morgan fingerprint density at radius 1 is 0.759 bits per heavy atom. The third-order valence-corrected chi connectivity index (χ3v) is 4.29. The second-order valence-electron chi connectivity index (χ2n) is 6.25. The first-order chi connectivity index (χ1) is 13.9. The average Bonchev–Trinajstić information content (AvgIpc) is 2.73. The van der Waals surface area contributed by atoms with Crippen LogP contribution in [-0.2, 0) is 19.0 Å². The van der Waals surface area contributed by atoms with Crippen LogP contribution >= 0.6 is 0 Å². The van der Waals surface area contributed by atoms with E-state index in [9.17, 15) is 29.7 Å². The zero-order valence-corrected chi connectivity index (χ0v) is 15.0. The molecule has 5 atom stereocenters. The molecule has 1 saturated heterocycles. The minimum Gasteiger partial charge on any atom is -0.479 e. The van der Waals surface area contributed by atoms with Gasteiger partial charge in [-0.3, -0.25) is 0 Å². The lowest BCUT2D eigenvalue weighted by atomic mass is 9.98. The van der Waals surface area contributed by atoms with Crippen LogP contribution in [0.2, 0.25) is 0 Å². The molecule has 0 saturated carbocycles. The van der Waals surface area contributed by atoms with E-state index in [4.69, 9.17) is 14.2 Å². The van der Waals surface area contributed by atoms with E-state index in [0.29, 0.717) is 0 Å². The maximum absolute atomic E-state index is 12.4. The summed E-state index contributed by atoms with van der Waals surface area (Å²) in [5.74, 6) is -3.35. The van der Waals surface area contributed by atoms with E-state index >= 15 is 0 Å². The molecule has 29 heavy (non-hydrogen) atoms. The van der Waals surface area contributed by atoms with E-state index in [2.05, 4.69) is 0 Å². The third-order valence-electron chi connectivity index (χ3n) is 4.29. The van der Waals surface area contributed by atoms with Crippen LogP contribution in [0.1, 0.15) is 20.7 Å². The van der Waals surface area contributed by atoms with E-state index in [-0.39, 0.29) is 11.1 Å². The molecule has 3 N–H and O–H groups in total. The van der Waals surface area contributed by atoms with E-state index in [1.807, 2.05) is 0 Å². The van der Waals surface area contributed by atoms with Gasteiger partial charge >= 0.3 is 17.9 Å². The van der Waals surface area contributed by atoms with Crippen LogP contribution in [0.15, 0.2) is 60.7 Å². The molecule has 0 amide bonds. The SMILES string of the molecule is O=C(OC1C(O)OC(C(=O)O)C(O)C1OC(=O)c1ccccc1)c1ccccc1. The molecule has 0 bridgehead atoms. The van der Waals surface area contributed by atoms with E-state index in [1.165, 1.54) is 24.3 Å². The highest BCUT2D eigenvalue weighted by Crippen LogP contribution is 2.27. The van der Waals surface area contributed by atoms with Crippen LogP contribution in [0, 0.1) is 0 Å². The highest BCUT2D eigenvalue weighted by atomic mass is 16.7. The van der Waals surface area contributed by atoms with E-state index < -0.39 is 48.6 Å². The van der Waals surface area contributed by atoms with Crippen LogP contribution < -0.4 is 0 Å². The summed E-state index contributed by atoms with van der Waals surface area (Å²) in [5.41, 5.74) is 0.267. The molecule has 1 fully saturated rings. The number of carboxylic acid groups (broad SMARTS) is 1. The van der Waals surface area contributed by atoms with Crippen molar-refractivity contribution in [1.82, 2.24) is 0 Å². The lowest BCUT2D eigenvalue weighted by Gasteiger charge is -2.40. The molecule has 1 heterocycles. The summed E-state index contributed by atoms with van der Waals surface area (Å²) in [4.78, 5) is 36.1. The number of hydrogen-bond donors (Lipinski definition) is 3. The summed E-state index contributed by atoms with van der Waals surface area (Å²) >= 11 is 0. The number of aliphatic hydroxyl groups excluding tert-OH is 2. The molecule has 2 aromatic rings. The zero-order valence-electron chi connectivity index (χ0n) is 15.0. The van der Waals surface area contributed by atoms with Crippen molar-refractivity contribution in [2.45, 2.75) is 30.7 Å². The lowest BCUT2D eigenvalue weighted by Crippen LogP contribution is -2.62. The predicted octanol–water partition coefficient (Wildman–Crippen LogP) is 0.600. The van der Waals surface area contributed by atoms with Crippen molar-refractivity contribution in [1.29, 1.82) is 0 Å². The number of rotatable bonds is 5. The van der Waals surface area contributed by atoms with Gasteiger partial charge in [0, 0.05) is 0 Å². The van der Waals surface area contributed by atoms with Gasteiger partial charge in [0.15, 0.2) is 24.6 Å². The van der Waals surface area contributed by atoms with Crippen molar-refractivity contribution >= 4 is 17.9 Å². The first-order valence-corrected chi connectivity index (χ1v) is 8.65. The fourth-order valence-electron chi connectivity index (χ4n) is 2.84. The number of esters is 2. The van der Waals surface area contributed by atoms with Gasteiger partial charge in [0.2, 0.25) is 0 Å². The maximum Gasteiger partial charge on any atom is 0.338 e. The first-order valence-electron chi connectivity index (χ1n) is 8.65. The molecule has 0 radical (unpaired) electrons. The van der Waals surface area contributed by atoms with Gasteiger partial charge < -0.3 is 29.5 Å². The predicted molar refractivity (Wildman–Crippen MR) is 95.8 cm³/mol. The van der Waals surface area contributed by atoms with Crippen molar-refractivity contribution in [3.8, 4) is 0 Å². The second-order valence-corrected chi connectivity index (χ2v) is 6.25. The Kier molecular flexibility index (Phi) is 6.23. The average molecular weight is 402 g/mol. The van der Waals surface area contributed by atoms with Crippen molar-refractivity contribution in [2.75, 3.05) is 0 Å². The normalized spacial score (nSPS) is 26.3. The van der Waals surface area contributed by atoms with Crippen LogP contribution in [0.5, 0.6) is 0 Å². The van der Waals surface area contributed by atoms with Gasteiger partial charge in [-0.25, -0.2) is 14.4 Å². The van der Waals surface area contributed by atoms with Crippen LogP contribution in [-0.4, -0.2) is 63.9 Å². The van der Waals surface area contributed by atoms with E-state index in [0.717, 1.165) is 0 Å². The molecule has 5 unspecified atom stereocenters. The molecule has 152 valence electrons. The number of carbonyl (C=O) groups excluding carboxylic acids is 2. The third kappa shape index (κ3) is 4.60. The van der Waals surface area contributed by atoms with Gasteiger partial charge in [-0.1, -0.05) is 36.4 Å². The molecule has 2 aromatic carbocycles. The summed E-state index contributed by atoms with van der Waals surface area (Å²) in [6, 6.07) is 15.5. The van der Waals surface area contributed by atoms with Crippen LogP contribution in [0.25, 0.3) is 0 Å². The Balaban J connectivity index is 1.85. The molecule has 1 aliphatic rings. The van der Waals surface area contributed by atoms with Gasteiger partial charge in [0.25, 0.3) is 0 Å². The molecule has 9 nitrogen and oxygen atoms in total. The monoisotopic (exact) mass is 402 g/mol. The molecular formula is C20H18O9. The molecule has 9 heteroatoms. The van der Waals surface area contributed by atoms with Crippen molar-refractivity contribution in [3.63, 3.8) is 0 Å². The lowest BCUT2D eigenvalue weighted by molar-refractivity contribution is -0.278. The molecular weight excluding hydrogens is 384 g/mol. The topological polar surface area (TPSA) is 140 Å². The molecule has 0 spiro atoms. The Morgan fingerprint density at radius 3 is 1.66 bits per heavy atom. The zero-order chi connectivity index (χ0) is 21.0. The summed E-state index contributed by atoms with van der Waals surface area (Å²) in [6.45, 7) is 0. The number of carbonyl (C=O) groups is 3. The summed E-state index contributed by atoms with van der Waals surface area (Å²) in [7, 11) is 0. The number of aliphatic hydroxyl groups is 2. The summed E-state index contributed by atoms with van der Waals surface area (Å²) in [6.07, 6.45) is -9.05. The number of aliphatic carboxylic acids is 1. The number of ether oxygens (including phenoxy) is 3. The Hall–Kier alpha value is -3.27. The number of carboxylic acids is 1. The van der Waals surface area contributed by atoms with E-state index in [1.54, 1.807) is 36.4 Å². The fourth-order valence-corrected chi connectivity index (χ4v) is 2.84. The standard InChI is InChI=1S/C20H18O9/c21-13-14(27-18(24)11-7-3-1-4-8-11)16(20(26)28-15(13)17(22)23)29-19(25)12-9-5-2-6-10-12/h1-10,13-16,20-21,26H,(H,22,23). The van der Waals surface area contributed by atoms with Gasteiger partial charge in [0.1, 0.15) is 6.10 Å². The van der Waals surface area contributed by atoms with Gasteiger partial charge in [-0.05, 0) is 24.3 Å². The van der Waals surface area contributed by atoms with Gasteiger partial charge in [0.05, 0.1) is 11.1 Å². The summed E-state index contributed by atoms with van der Waals surface area (Å²) in [5, 5.41) is 29.8. The smallest absolute Gasteiger partial charge is 0.338 e. The number of hydrogen-bond acceptors (Lipinski definition) is 8. The maximum atomic E-state index is 12.4. The fraction of sp³-hybridized carbons (Fsp3) is 0.250. The highest BCUT2D eigenvalue weighted by molar-refractivity contribution is 5.90. The molecule has 1 aliphatic heterocycles. The first kappa shape index (κ1) is 20.5.